The molecule has 2 N–H and O–H groups in total. The Bertz CT molecular complexity index is 719. The molecule has 6 heteroatoms. The molecule has 0 aliphatic carbocycles. The molecule has 2 rings (SSSR count). The maximum atomic E-state index is 12.0. The van der Waals surface area contributed by atoms with Crippen molar-refractivity contribution in [3.8, 4) is 0 Å². The van der Waals surface area contributed by atoms with E-state index in [1.54, 1.807) is 16.8 Å². The molecular weight excluding hydrogens is 280 g/mol. The average molecular weight is 300 g/mol. The Labute approximate surface area is 129 Å². The van der Waals surface area contributed by atoms with Gasteiger partial charge in [0.1, 0.15) is 0 Å². The zero-order valence-electron chi connectivity index (χ0n) is 13.2. The van der Waals surface area contributed by atoms with Gasteiger partial charge in [0.15, 0.2) is 0 Å². The lowest BCUT2D eigenvalue weighted by Gasteiger charge is -2.08. The van der Waals surface area contributed by atoms with E-state index in [9.17, 15) is 9.59 Å². The summed E-state index contributed by atoms with van der Waals surface area (Å²) in [7, 11) is 1.82. The molecule has 0 unspecified atom stereocenters. The first-order chi connectivity index (χ1) is 10.4. The lowest BCUT2D eigenvalue weighted by atomic mass is 10.1. The van der Waals surface area contributed by atoms with Crippen LogP contribution in [0.1, 0.15) is 27.3 Å². The fourth-order valence-corrected chi connectivity index (χ4v) is 2.19. The van der Waals surface area contributed by atoms with Crippen molar-refractivity contribution in [2.75, 3.05) is 11.9 Å². The van der Waals surface area contributed by atoms with Gasteiger partial charge in [0.05, 0.1) is 23.6 Å². The maximum Gasteiger partial charge on any atom is 0.251 e. The summed E-state index contributed by atoms with van der Waals surface area (Å²) in [6.45, 7) is 5.53. The number of aryl methyl sites for hydroxylation is 3. The molecule has 1 aromatic carbocycles. The molecule has 0 atom stereocenters. The Balaban J connectivity index is 1.94. The predicted octanol–water partition coefficient (Wildman–Crippen LogP) is 1.71. The minimum Gasteiger partial charge on any atom is -0.343 e. The van der Waals surface area contributed by atoms with Gasteiger partial charge in [-0.1, -0.05) is 17.7 Å². The van der Waals surface area contributed by atoms with Crippen LogP contribution in [0.3, 0.4) is 0 Å². The second-order valence-corrected chi connectivity index (χ2v) is 5.27. The van der Waals surface area contributed by atoms with Crippen LogP contribution >= 0.6 is 0 Å². The molecule has 0 aliphatic rings. The van der Waals surface area contributed by atoms with E-state index in [2.05, 4.69) is 15.7 Å². The van der Waals surface area contributed by atoms with Gasteiger partial charge in [-0.2, -0.15) is 5.10 Å². The Morgan fingerprint density at radius 3 is 2.55 bits per heavy atom. The summed E-state index contributed by atoms with van der Waals surface area (Å²) in [4.78, 5) is 24.0. The number of rotatable bonds is 4. The molecule has 2 amide bonds. The molecule has 116 valence electrons. The average Bonchev–Trinajstić information content (AvgIpc) is 2.71. The topological polar surface area (TPSA) is 76.0 Å². The first-order valence-corrected chi connectivity index (χ1v) is 7.03. The second-order valence-electron chi connectivity index (χ2n) is 5.27. The third-order valence-corrected chi connectivity index (χ3v) is 3.46. The van der Waals surface area contributed by atoms with Crippen LogP contribution in [0.4, 0.5) is 5.69 Å². The summed E-state index contributed by atoms with van der Waals surface area (Å²) in [6.07, 6.45) is 0. The summed E-state index contributed by atoms with van der Waals surface area (Å²) >= 11 is 0. The Hall–Kier alpha value is -2.63. The van der Waals surface area contributed by atoms with Crippen LogP contribution in [0.5, 0.6) is 0 Å². The van der Waals surface area contributed by atoms with Crippen LogP contribution in [-0.4, -0.2) is 28.1 Å². The van der Waals surface area contributed by atoms with Crippen LogP contribution in [0.25, 0.3) is 0 Å². The number of amides is 2. The van der Waals surface area contributed by atoms with Gasteiger partial charge in [-0.05, 0) is 32.9 Å². The fraction of sp³-hybridized carbons (Fsp3) is 0.312. The maximum absolute atomic E-state index is 12.0. The van der Waals surface area contributed by atoms with Gasteiger partial charge in [0.25, 0.3) is 5.91 Å². The third kappa shape index (κ3) is 3.52. The van der Waals surface area contributed by atoms with E-state index in [0.717, 1.165) is 17.0 Å². The van der Waals surface area contributed by atoms with E-state index < -0.39 is 0 Å². The highest BCUT2D eigenvalue weighted by Crippen LogP contribution is 2.17. The molecule has 0 aliphatic heterocycles. The molecule has 22 heavy (non-hydrogen) atoms. The zero-order valence-corrected chi connectivity index (χ0v) is 13.2. The van der Waals surface area contributed by atoms with Gasteiger partial charge >= 0.3 is 0 Å². The highest BCUT2D eigenvalue weighted by molar-refractivity contribution is 5.99. The molecular formula is C16H20N4O2. The summed E-state index contributed by atoms with van der Waals surface area (Å²) in [5.41, 5.74) is 3.85. The van der Waals surface area contributed by atoms with Crippen molar-refractivity contribution >= 4 is 17.5 Å². The van der Waals surface area contributed by atoms with Crippen molar-refractivity contribution in [2.45, 2.75) is 20.8 Å². The summed E-state index contributed by atoms with van der Waals surface area (Å²) in [5, 5.41) is 9.63. The van der Waals surface area contributed by atoms with Gasteiger partial charge in [-0.3, -0.25) is 14.3 Å². The molecule has 1 heterocycles. The third-order valence-electron chi connectivity index (χ3n) is 3.46. The lowest BCUT2D eigenvalue weighted by Crippen LogP contribution is -2.33. The summed E-state index contributed by atoms with van der Waals surface area (Å²) in [5.74, 6) is -0.543. The van der Waals surface area contributed by atoms with Gasteiger partial charge in [0.2, 0.25) is 5.91 Å². The van der Waals surface area contributed by atoms with Crippen LogP contribution in [0.2, 0.25) is 0 Å². The fourth-order valence-electron chi connectivity index (χ4n) is 2.19. The van der Waals surface area contributed by atoms with Crippen molar-refractivity contribution in [3.63, 3.8) is 0 Å². The van der Waals surface area contributed by atoms with Crippen LogP contribution in [0, 0.1) is 20.8 Å². The normalized spacial score (nSPS) is 10.4. The Morgan fingerprint density at radius 2 is 1.95 bits per heavy atom. The van der Waals surface area contributed by atoms with Crippen LogP contribution < -0.4 is 10.6 Å². The number of hydrogen-bond donors (Lipinski definition) is 2. The number of hydrogen-bond acceptors (Lipinski definition) is 3. The summed E-state index contributed by atoms with van der Waals surface area (Å²) in [6, 6.07) is 7.22. The monoisotopic (exact) mass is 300 g/mol. The number of aromatic nitrogens is 2. The van der Waals surface area contributed by atoms with Crippen molar-refractivity contribution in [2.24, 2.45) is 7.05 Å². The van der Waals surface area contributed by atoms with Crippen LogP contribution in [0.15, 0.2) is 24.3 Å². The number of carbonyl (C=O) groups is 2. The van der Waals surface area contributed by atoms with E-state index >= 15 is 0 Å². The predicted molar refractivity (Wildman–Crippen MR) is 84.8 cm³/mol. The van der Waals surface area contributed by atoms with Gasteiger partial charge in [-0.15, -0.1) is 0 Å². The van der Waals surface area contributed by atoms with Gasteiger partial charge < -0.3 is 10.6 Å². The minimum atomic E-state index is -0.278. The van der Waals surface area contributed by atoms with Crippen molar-refractivity contribution in [1.29, 1.82) is 0 Å². The van der Waals surface area contributed by atoms with E-state index in [-0.39, 0.29) is 18.4 Å². The van der Waals surface area contributed by atoms with Crippen LogP contribution in [-0.2, 0) is 11.8 Å². The number of nitrogens with one attached hydrogen (secondary N) is 2. The number of benzene rings is 1. The molecule has 2 aromatic rings. The zero-order chi connectivity index (χ0) is 16.3. The van der Waals surface area contributed by atoms with Crippen molar-refractivity contribution in [3.05, 3.63) is 46.8 Å². The van der Waals surface area contributed by atoms with Gasteiger partial charge in [-0.25, -0.2) is 0 Å². The Morgan fingerprint density at radius 1 is 1.23 bits per heavy atom. The van der Waals surface area contributed by atoms with E-state index in [1.165, 1.54) is 0 Å². The molecule has 6 nitrogen and oxygen atoms in total. The molecule has 0 saturated carbocycles. The van der Waals surface area contributed by atoms with E-state index in [4.69, 9.17) is 0 Å². The van der Waals surface area contributed by atoms with Gasteiger partial charge in [0, 0.05) is 12.6 Å². The highest BCUT2D eigenvalue weighted by Gasteiger charge is 2.13. The molecule has 0 bridgehead atoms. The van der Waals surface area contributed by atoms with Crippen molar-refractivity contribution in [1.82, 2.24) is 15.1 Å². The lowest BCUT2D eigenvalue weighted by molar-refractivity contribution is -0.115. The molecule has 1 aromatic heterocycles. The number of carbonyl (C=O) groups excluding carboxylic acids is 2. The minimum absolute atomic E-state index is 0.0828. The second kappa shape index (κ2) is 6.43. The van der Waals surface area contributed by atoms with E-state index in [1.807, 2.05) is 40.0 Å². The molecule has 0 saturated heterocycles. The van der Waals surface area contributed by atoms with E-state index in [0.29, 0.717) is 11.3 Å². The molecule has 0 radical (unpaired) electrons. The largest absolute Gasteiger partial charge is 0.343 e. The smallest absolute Gasteiger partial charge is 0.251 e. The number of anilines is 1. The standard InChI is InChI=1S/C16H20N4O2/c1-10-6-5-7-13(8-10)16(22)17-9-14(21)18-15-11(2)19-20(4)12(15)3/h5-8H,9H2,1-4H3,(H,17,22)(H,18,21). The Kier molecular flexibility index (Phi) is 4.60. The highest BCUT2D eigenvalue weighted by atomic mass is 16.2. The number of nitrogens with zero attached hydrogens (tertiary/aromatic N) is 2. The molecule has 0 spiro atoms. The molecule has 0 fully saturated rings. The first-order valence-electron chi connectivity index (χ1n) is 7.03. The van der Waals surface area contributed by atoms with Crippen molar-refractivity contribution < 1.29 is 9.59 Å². The SMILES string of the molecule is Cc1cccc(C(=O)NCC(=O)Nc2c(C)nn(C)c2C)c1. The first kappa shape index (κ1) is 15.8. The summed E-state index contributed by atoms with van der Waals surface area (Å²) < 4.78 is 1.70. The quantitative estimate of drug-likeness (QED) is 0.902.